The monoisotopic (exact) mass is 419 g/mol. The number of nitrogens with zero attached hydrogens (tertiary/aromatic N) is 2. The predicted octanol–water partition coefficient (Wildman–Crippen LogP) is 5.73. The van der Waals surface area contributed by atoms with Crippen molar-refractivity contribution in [2.24, 2.45) is 5.92 Å². The molecule has 1 N–H and O–H groups in total. The zero-order valence-electron chi connectivity index (χ0n) is 18.9. The zero-order valence-corrected chi connectivity index (χ0v) is 18.9. The Morgan fingerprint density at radius 3 is 2.35 bits per heavy atom. The van der Waals surface area contributed by atoms with Gasteiger partial charge >= 0.3 is 0 Å². The summed E-state index contributed by atoms with van der Waals surface area (Å²) in [7, 11) is 0. The van der Waals surface area contributed by atoms with Gasteiger partial charge in [0.25, 0.3) is 0 Å². The lowest BCUT2D eigenvalue weighted by molar-refractivity contribution is -0.117. The van der Waals surface area contributed by atoms with E-state index in [-0.39, 0.29) is 29.0 Å². The number of carbonyl (C=O) groups is 1. The van der Waals surface area contributed by atoms with Crippen LogP contribution in [0.25, 0.3) is 0 Å². The van der Waals surface area contributed by atoms with Crippen LogP contribution in [0.2, 0.25) is 0 Å². The average Bonchev–Trinajstić information content (AvgIpc) is 3.48. The van der Waals surface area contributed by atoms with Crippen LogP contribution in [-0.4, -0.2) is 15.7 Å². The Morgan fingerprint density at radius 1 is 1.10 bits per heavy atom. The van der Waals surface area contributed by atoms with Crippen molar-refractivity contribution in [2.45, 2.75) is 58.9 Å². The summed E-state index contributed by atoms with van der Waals surface area (Å²) in [6.07, 6.45) is 0.877. The second-order valence-electron chi connectivity index (χ2n) is 9.64. The molecule has 5 heteroatoms. The Labute approximate surface area is 183 Å². The van der Waals surface area contributed by atoms with Crippen molar-refractivity contribution in [2.75, 3.05) is 5.32 Å². The first-order valence-corrected chi connectivity index (χ1v) is 10.8. The maximum absolute atomic E-state index is 13.2. The molecule has 4 rings (SSSR count). The summed E-state index contributed by atoms with van der Waals surface area (Å²) in [6.45, 7) is 11.0. The molecule has 0 bridgehead atoms. The van der Waals surface area contributed by atoms with Crippen molar-refractivity contribution in [3.8, 4) is 0 Å². The molecule has 0 aliphatic heterocycles. The minimum absolute atomic E-state index is 0.000245. The molecule has 0 spiro atoms. The number of aromatic nitrogens is 2. The highest BCUT2D eigenvalue weighted by Gasteiger charge is 2.44. The van der Waals surface area contributed by atoms with Crippen LogP contribution in [0.5, 0.6) is 0 Å². The minimum atomic E-state index is -0.253. The van der Waals surface area contributed by atoms with Gasteiger partial charge < -0.3 is 5.32 Å². The van der Waals surface area contributed by atoms with Crippen LogP contribution in [-0.2, 0) is 16.8 Å². The molecular weight excluding hydrogens is 389 g/mol. The van der Waals surface area contributed by atoms with E-state index in [1.807, 2.05) is 18.5 Å². The van der Waals surface area contributed by atoms with E-state index in [2.05, 4.69) is 55.5 Å². The molecule has 1 amide bonds. The number of anilines is 1. The molecule has 1 saturated carbocycles. The number of benzene rings is 2. The molecule has 0 saturated heterocycles. The van der Waals surface area contributed by atoms with Gasteiger partial charge in [0.05, 0.1) is 23.6 Å². The van der Waals surface area contributed by atoms with Gasteiger partial charge in [0.2, 0.25) is 5.91 Å². The van der Waals surface area contributed by atoms with Crippen molar-refractivity contribution in [1.29, 1.82) is 0 Å². The van der Waals surface area contributed by atoms with Gasteiger partial charge in [-0.1, -0.05) is 57.2 Å². The quantitative estimate of drug-likeness (QED) is 0.574. The first-order chi connectivity index (χ1) is 14.6. The van der Waals surface area contributed by atoms with E-state index in [0.717, 1.165) is 29.1 Å². The third-order valence-electron chi connectivity index (χ3n) is 6.21. The molecule has 1 aliphatic carbocycles. The van der Waals surface area contributed by atoms with E-state index in [4.69, 9.17) is 0 Å². The van der Waals surface area contributed by atoms with Gasteiger partial charge in [0.15, 0.2) is 0 Å². The Bertz CT molecular complexity index is 1090. The number of hydrogen-bond acceptors (Lipinski definition) is 2. The van der Waals surface area contributed by atoms with E-state index in [1.54, 1.807) is 12.1 Å². The molecule has 1 aliphatic rings. The molecule has 1 heterocycles. The topological polar surface area (TPSA) is 46.9 Å². The summed E-state index contributed by atoms with van der Waals surface area (Å²) in [6, 6.07) is 15.1. The Kier molecular flexibility index (Phi) is 5.46. The van der Waals surface area contributed by atoms with Crippen LogP contribution in [0.15, 0.2) is 48.5 Å². The fraction of sp³-hybridized carbons (Fsp3) is 0.385. The normalized spacial score (nSPS) is 18.1. The van der Waals surface area contributed by atoms with Gasteiger partial charge in [0.1, 0.15) is 5.82 Å². The molecule has 2 aromatic carbocycles. The Morgan fingerprint density at radius 2 is 1.74 bits per heavy atom. The lowest BCUT2D eigenvalue weighted by atomic mass is 9.86. The molecule has 31 heavy (non-hydrogen) atoms. The van der Waals surface area contributed by atoms with Crippen LogP contribution in [0.4, 0.5) is 10.1 Å². The SMILES string of the molecule is Cc1nn(Cc2ccc(F)cc2)c(C)c1NC(=O)[C@@H]1C[C@H]1c1ccc(C(C)(C)C)cc1. The van der Waals surface area contributed by atoms with E-state index in [9.17, 15) is 9.18 Å². The van der Waals surface area contributed by atoms with Crippen LogP contribution in [0.1, 0.15) is 61.2 Å². The molecule has 4 nitrogen and oxygen atoms in total. The van der Waals surface area contributed by atoms with Crippen molar-refractivity contribution >= 4 is 11.6 Å². The molecule has 1 aromatic heterocycles. The Balaban J connectivity index is 1.42. The molecule has 0 radical (unpaired) electrons. The number of carbonyl (C=O) groups excluding carboxylic acids is 1. The lowest BCUT2D eigenvalue weighted by Gasteiger charge is -2.19. The van der Waals surface area contributed by atoms with Crippen LogP contribution >= 0.6 is 0 Å². The summed E-state index contributed by atoms with van der Waals surface area (Å²) in [5.74, 6) is 0.0816. The molecule has 162 valence electrons. The largest absolute Gasteiger partial charge is 0.323 e. The maximum atomic E-state index is 13.2. The molecule has 0 unspecified atom stereocenters. The smallest absolute Gasteiger partial charge is 0.228 e. The van der Waals surface area contributed by atoms with Gasteiger partial charge in [-0.15, -0.1) is 0 Å². The number of halogens is 1. The van der Waals surface area contributed by atoms with Gasteiger partial charge in [-0.05, 0) is 60.4 Å². The van der Waals surface area contributed by atoms with Gasteiger partial charge in [-0.3, -0.25) is 9.48 Å². The average molecular weight is 420 g/mol. The number of amides is 1. The third kappa shape index (κ3) is 4.55. The number of hydrogen-bond donors (Lipinski definition) is 1. The van der Waals surface area contributed by atoms with Crippen molar-refractivity contribution in [3.05, 3.63) is 82.4 Å². The second-order valence-corrected chi connectivity index (χ2v) is 9.64. The van der Waals surface area contributed by atoms with E-state index >= 15 is 0 Å². The fourth-order valence-electron chi connectivity index (χ4n) is 4.09. The minimum Gasteiger partial charge on any atom is -0.323 e. The molecular formula is C26H30FN3O. The summed E-state index contributed by atoms with van der Waals surface area (Å²) in [5, 5.41) is 7.69. The Hall–Kier alpha value is -2.95. The summed E-state index contributed by atoms with van der Waals surface area (Å²) < 4.78 is 15.0. The molecule has 3 aromatic rings. The van der Waals surface area contributed by atoms with E-state index < -0.39 is 0 Å². The first-order valence-electron chi connectivity index (χ1n) is 10.8. The summed E-state index contributed by atoms with van der Waals surface area (Å²) >= 11 is 0. The highest BCUT2D eigenvalue weighted by Crippen LogP contribution is 2.48. The third-order valence-corrected chi connectivity index (χ3v) is 6.21. The van der Waals surface area contributed by atoms with Crippen molar-refractivity contribution < 1.29 is 9.18 Å². The van der Waals surface area contributed by atoms with Gasteiger partial charge in [0, 0.05) is 5.92 Å². The summed E-state index contributed by atoms with van der Waals surface area (Å²) in [4.78, 5) is 12.9. The highest BCUT2D eigenvalue weighted by molar-refractivity contribution is 5.96. The fourth-order valence-corrected chi connectivity index (χ4v) is 4.09. The number of rotatable bonds is 5. The van der Waals surface area contributed by atoms with E-state index in [1.165, 1.54) is 23.3 Å². The van der Waals surface area contributed by atoms with Crippen molar-refractivity contribution in [3.63, 3.8) is 0 Å². The van der Waals surface area contributed by atoms with Gasteiger partial charge in [-0.2, -0.15) is 5.10 Å². The van der Waals surface area contributed by atoms with Crippen LogP contribution < -0.4 is 5.32 Å². The summed E-state index contributed by atoms with van der Waals surface area (Å²) in [5.41, 5.74) is 6.10. The molecule has 1 fully saturated rings. The highest BCUT2D eigenvalue weighted by atomic mass is 19.1. The van der Waals surface area contributed by atoms with Crippen LogP contribution in [0.3, 0.4) is 0 Å². The van der Waals surface area contributed by atoms with E-state index in [0.29, 0.717) is 6.54 Å². The zero-order chi connectivity index (χ0) is 22.3. The number of nitrogens with one attached hydrogen (secondary N) is 1. The van der Waals surface area contributed by atoms with Crippen LogP contribution in [0, 0.1) is 25.6 Å². The van der Waals surface area contributed by atoms with Gasteiger partial charge in [-0.25, -0.2) is 4.39 Å². The first kappa shape index (κ1) is 21.3. The standard InChI is InChI=1S/C26H30FN3O/c1-16-24(17(2)30(29-16)15-18-6-12-21(27)13-7-18)28-25(31)23-14-22(23)19-8-10-20(11-9-19)26(3,4)5/h6-13,22-23H,14-15H2,1-5H3,(H,28,31)/t22-,23+/m0/s1. The molecule has 2 atom stereocenters. The second kappa shape index (κ2) is 7.95. The van der Waals surface area contributed by atoms with Crippen molar-refractivity contribution in [1.82, 2.24) is 9.78 Å². The predicted molar refractivity (Wildman–Crippen MR) is 122 cm³/mol. The number of aryl methyl sites for hydroxylation is 1. The lowest BCUT2D eigenvalue weighted by Crippen LogP contribution is -2.16. The maximum Gasteiger partial charge on any atom is 0.228 e.